The highest BCUT2D eigenvalue weighted by Gasteiger charge is 2.27. The standard InChI is InChI=1S/C21H17F3N6O.ClH/c22-21(23,24)12-28-20(31)29-15-4-1-3-13(9-15)17-11-27-18-10-14(6-8-30(17)18)19-16(25)5-2-7-26-19;/h1-11H,12,25H2,(H2,28,29,31);1H. The van der Waals surface area contributed by atoms with Crippen molar-refractivity contribution in [2.45, 2.75) is 6.18 Å². The Morgan fingerprint density at radius 3 is 2.62 bits per heavy atom. The number of carbonyl (C=O) groups is 1. The number of aromatic nitrogens is 3. The van der Waals surface area contributed by atoms with Crippen LogP contribution in [0.3, 0.4) is 0 Å². The monoisotopic (exact) mass is 462 g/mol. The molecule has 1 aromatic carbocycles. The number of amides is 2. The van der Waals surface area contributed by atoms with Crippen molar-refractivity contribution in [3.05, 3.63) is 67.1 Å². The van der Waals surface area contributed by atoms with E-state index in [0.717, 1.165) is 16.8 Å². The number of carbonyl (C=O) groups excluding carboxylic acids is 1. The van der Waals surface area contributed by atoms with Gasteiger partial charge in [0.2, 0.25) is 0 Å². The molecule has 2 amide bonds. The van der Waals surface area contributed by atoms with Crippen molar-refractivity contribution < 1.29 is 18.0 Å². The first-order valence-electron chi connectivity index (χ1n) is 9.20. The Labute approximate surface area is 186 Å². The number of alkyl halides is 3. The first kappa shape index (κ1) is 22.9. The molecule has 3 heterocycles. The summed E-state index contributed by atoms with van der Waals surface area (Å²) in [6.45, 7) is -1.41. The average Bonchev–Trinajstić information content (AvgIpc) is 3.16. The van der Waals surface area contributed by atoms with Gasteiger partial charge in [0.25, 0.3) is 0 Å². The van der Waals surface area contributed by atoms with Crippen LogP contribution in [0.4, 0.5) is 29.3 Å². The van der Waals surface area contributed by atoms with Crippen LogP contribution in [0.5, 0.6) is 0 Å². The number of anilines is 2. The summed E-state index contributed by atoms with van der Waals surface area (Å²) >= 11 is 0. The molecule has 0 aliphatic rings. The Balaban J connectivity index is 0.00000289. The zero-order chi connectivity index (χ0) is 22.0. The van der Waals surface area contributed by atoms with Crippen LogP contribution in [-0.4, -0.2) is 33.1 Å². The van der Waals surface area contributed by atoms with E-state index in [0.29, 0.717) is 22.7 Å². The number of imidazole rings is 1. The Morgan fingerprint density at radius 2 is 1.88 bits per heavy atom. The van der Waals surface area contributed by atoms with Gasteiger partial charge in [-0.1, -0.05) is 12.1 Å². The van der Waals surface area contributed by atoms with Crippen LogP contribution >= 0.6 is 12.4 Å². The van der Waals surface area contributed by atoms with Gasteiger partial charge in [0.15, 0.2) is 0 Å². The summed E-state index contributed by atoms with van der Waals surface area (Å²) < 4.78 is 38.6. The highest BCUT2D eigenvalue weighted by atomic mass is 35.5. The number of urea groups is 1. The van der Waals surface area contributed by atoms with E-state index < -0.39 is 18.8 Å². The minimum absolute atomic E-state index is 0. The molecule has 0 saturated carbocycles. The van der Waals surface area contributed by atoms with Gasteiger partial charge in [-0.25, -0.2) is 9.78 Å². The van der Waals surface area contributed by atoms with E-state index in [1.54, 1.807) is 48.0 Å². The van der Waals surface area contributed by atoms with Crippen molar-refractivity contribution in [2.75, 3.05) is 17.6 Å². The lowest BCUT2D eigenvalue weighted by atomic mass is 10.1. The van der Waals surface area contributed by atoms with E-state index >= 15 is 0 Å². The van der Waals surface area contributed by atoms with Crippen molar-refractivity contribution in [3.8, 4) is 22.5 Å². The van der Waals surface area contributed by atoms with Crippen molar-refractivity contribution >= 4 is 35.5 Å². The van der Waals surface area contributed by atoms with Crippen molar-refractivity contribution in [3.63, 3.8) is 0 Å². The number of hydrogen-bond donors (Lipinski definition) is 3. The molecule has 0 radical (unpaired) electrons. The SMILES string of the molecule is Cl.Nc1cccnc1-c1ccn2c(-c3cccc(NC(=O)NCC(F)(F)F)c3)cnc2c1. The summed E-state index contributed by atoms with van der Waals surface area (Å²) in [5.74, 6) is 0. The molecule has 0 unspecified atom stereocenters. The van der Waals surface area contributed by atoms with Crippen molar-refractivity contribution in [1.29, 1.82) is 0 Å². The summed E-state index contributed by atoms with van der Waals surface area (Å²) in [6.07, 6.45) is 0.686. The second-order valence-corrected chi connectivity index (χ2v) is 6.73. The molecule has 4 aromatic rings. The molecule has 0 aliphatic heterocycles. The summed E-state index contributed by atoms with van der Waals surface area (Å²) in [5.41, 5.74) is 10.5. The second-order valence-electron chi connectivity index (χ2n) is 6.73. The fourth-order valence-electron chi connectivity index (χ4n) is 3.11. The molecular weight excluding hydrogens is 445 g/mol. The number of rotatable bonds is 4. The number of hydrogen-bond acceptors (Lipinski definition) is 4. The number of pyridine rings is 2. The van der Waals surface area contributed by atoms with Gasteiger partial charge >= 0.3 is 12.2 Å². The number of fused-ring (bicyclic) bond motifs is 1. The molecule has 166 valence electrons. The summed E-state index contributed by atoms with van der Waals surface area (Å²) in [7, 11) is 0. The van der Waals surface area contributed by atoms with E-state index in [1.165, 1.54) is 0 Å². The summed E-state index contributed by atoms with van der Waals surface area (Å²) in [6, 6.07) is 13.1. The van der Waals surface area contributed by atoms with Gasteiger partial charge in [-0.2, -0.15) is 13.2 Å². The Hall–Kier alpha value is -3.79. The van der Waals surface area contributed by atoms with Gasteiger partial charge < -0.3 is 16.4 Å². The molecule has 0 atom stereocenters. The maximum absolute atomic E-state index is 12.2. The van der Waals surface area contributed by atoms with Crippen molar-refractivity contribution in [2.24, 2.45) is 0 Å². The third kappa shape index (κ3) is 5.09. The highest BCUT2D eigenvalue weighted by molar-refractivity contribution is 5.90. The molecular formula is C21H18ClF3N6O. The van der Waals surface area contributed by atoms with Crippen LogP contribution in [0.15, 0.2) is 67.1 Å². The van der Waals surface area contributed by atoms with E-state index in [2.05, 4.69) is 15.3 Å². The number of benzene rings is 1. The topological polar surface area (TPSA) is 97.3 Å². The van der Waals surface area contributed by atoms with E-state index in [9.17, 15) is 18.0 Å². The van der Waals surface area contributed by atoms with Crippen LogP contribution in [0, 0.1) is 0 Å². The van der Waals surface area contributed by atoms with Crippen LogP contribution in [0.1, 0.15) is 0 Å². The maximum atomic E-state index is 12.2. The molecule has 0 fully saturated rings. The number of nitrogens with two attached hydrogens (primary N) is 1. The Morgan fingerprint density at radius 1 is 1.06 bits per heavy atom. The normalized spacial score (nSPS) is 11.1. The van der Waals surface area contributed by atoms with Crippen molar-refractivity contribution in [1.82, 2.24) is 19.7 Å². The number of halogens is 4. The van der Waals surface area contributed by atoms with E-state index in [1.807, 2.05) is 28.8 Å². The summed E-state index contributed by atoms with van der Waals surface area (Å²) in [5, 5.41) is 4.17. The first-order valence-corrected chi connectivity index (χ1v) is 9.20. The van der Waals surface area contributed by atoms with Gasteiger partial charge in [0.05, 0.1) is 23.3 Å². The third-order valence-electron chi connectivity index (χ3n) is 4.49. The average molecular weight is 463 g/mol. The lowest BCUT2D eigenvalue weighted by Gasteiger charge is -2.11. The molecule has 0 saturated heterocycles. The number of nitrogens with zero attached hydrogens (tertiary/aromatic N) is 3. The predicted octanol–water partition coefficient (Wildman–Crippen LogP) is 4.75. The molecule has 7 nitrogen and oxygen atoms in total. The lowest BCUT2D eigenvalue weighted by Crippen LogP contribution is -2.36. The zero-order valence-corrected chi connectivity index (χ0v) is 17.2. The van der Waals surface area contributed by atoms with Crippen LogP contribution in [0.2, 0.25) is 0 Å². The molecule has 32 heavy (non-hydrogen) atoms. The molecule has 4 N–H and O–H groups in total. The molecule has 0 aliphatic carbocycles. The van der Waals surface area contributed by atoms with E-state index in [-0.39, 0.29) is 12.4 Å². The fourth-order valence-corrected chi connectivity index (χ4v) is 3.11. The molecule has 0 bridgehead atoms. The zero-order valence-electron chi connectivity index (χ0n) is 16.4. The first-order chi connectivity index (χ1) is 14.8. The molecule has 4 rings (SSSR count). The van der Waals surface area contributed by atoms with Gasteiger partial charge in [0.1, 0.15) is 12.2 Å². The maximum Gasteiger partial charge on any atom is 0.405 e. The smallest absolute Gasteiger partial charge is 0.397 e. The van der Waals surface area contributed by atoms with Gasteiger partial charge in [-0.05, 0) is 36.4 Å². The van der Waals surface area contributed by atoms with Gasteiger partial charge in [0, 0.05) is 29.2 Å². The summed E-state index contributed by atoms with van der Waals surface area (Å²) in [4.78, 5) is 20.5. The number of nitrogen functional groups attached to an aromatic ring is 1. The molecule has 3 aromatic heterocycles. The van der Waals surface area contributed by atoms with Crippen LogP contribution < -0.4 is 16.4 Å². The Bertz CT molecular complexity index is 1260. The van der Waals surface area contributed by atoms with Crippen LogP contribution in [-0.2, 0) is 0 Å². The van der Waals surface area contributed by atoms with Gasteiger partial charge in [-0.3, -0.25) is 9.38 Å². The Kier molecular flexibility index (Phi) is 6.54. The second kappa shape index (κ2) is 9.15. The molecule has 0 spiro atoms. The number of nitrogens with one attached hydrogen (secondary N) is 2. The lowest BCUT2D eigenvalue weighted by molar-refractivity contribution is -0.122. The largest absolute Gasteiger partial charge is 0.405 e. The predicted molar refractivity (Wildman–Crippen MR) is 119 cm³/mol. The highest BCUT2D eigenvalue weighted by Crippen LogP contribution is 2.28. The van der Waals surface area contributed by atoms with E-state index in [4.69, 9.17) is 5.73 Å². The third-order valence-corrected chi connectivity index (χ3v) is 4.49. The minimum atomic E-state index is -4.48. The quantitative estimate of drug-likeness (QED) is 0.407. The molecule has 11 heteroatoms. The minimum Gasteiger partial charge on any atom is -0.397 e. The van der Waals surface area contributed by atoms with Crippen LogP contribution in [0.25, 0.3) is 28.2 Å². The van der Waals surface area contributed by atoms with Gasteiger partial charge in [-0.15, -0.1) is 12.4 Å². The fraction of sp³-hybridized carbons (Fsp3) is 0.0952.